The summed E-state index contributed by atoms with van der Waals surface area (Å²) in [6, 6.07) is 16.5. The Morgan fingerprint density at radius 1 is 1.12 bits per heavy atom. The van der Waals surface area contributed by atoms with Crippen molar-refractivity contribution in [1.29, 1.82) is 0 Å². The fourth-order valence-electron chi connectivity index (χ4n) is 3.13. The van der Waals surface area contributed by atoms with Crippen molar-refractivity contribution in [2.75, 3.05) is 6.61 Å². The largest absolute Gasteiger partial charge is 0.481 e. The molecule has 0 fully saturated rings. The molecule has 0 bridgehead atoms. The number of carbonyl (C=O) groups is 2. The zero-order valence-electron chi connectivity index (χ0n) is 19.2. The number of hydrogen-bond donors (Lipinski definition) is 3. The Balaban J connectivity index is 1.92. The SMILES string of the molecule is CC(C)(C)[C@H](O)COc1cc(C(=O)N[C@@H](CC(=O)O)c2ccccc2)nn1-c1ccccc1Cl. The summed E-state index contributed by atoms with van der Waals surface area (Å²) in [6.45, 7) is 5.64. The van der Waals surface area contributed by atoms with Gasteiger partial charge >= 0.3 is 5.97 Å². The molecule has 0 spiro atoms. The van der Waals surface area contributed by atoms with E-state index in [9.17, 15) is 19.8 Å². The third-order valence-corrected chi connectivity index (χ3v) is 5.58. The highest BCUT2D eigenvalue weighted by atomic mass is 35.5. The number of para-hydroxylation sites is 1. The van der Waals surface area contributed by atoms with Gasteiger partial charge in [-0.25, -0.2) is 0 Å². The Morgan fingerprint density at radius 3 is 2.38 bits per heavy atom. The molecule has 0 radical (unpaired) electrons. The fourth-order valence-corrected chi connectivity index (χ4v) is 3.35. The molecule has 0 aliphatic heterocycles. The Kier molecular flexibility index (Phi) is 7.96. The Hall–Kier alpha value is -3.36. The smallest absolute Gasteiger partial charge is 0.305 e. The number of nitrogens with one attached hydrogen (secondary N) is 1. The summed E-state index contributed by atoms with van der Waals surface area (Å²) in [5.41, 5.74) is 0.767. The molecule has 180 valence electrons. The Morgan fingerprint density at radius 2 is 1.76 bits per heavy atom. The number of aliphatic carboxylic acids is 1. The first-order chi connectivity index (χ1) is 16.1. The number of nitrogens with zero attached hydrogens (tertiary/aromatic N) is 2. The first-order valence-electron chi connectivity index (χ1n) is 10.8. The van der Waals surface area contributed by atoms with Gasteiger partial charge in [0.2, 0.25) is 5.88 Å². The summed E-state index contributed by atoms with van der Waals surface area (Å²) < 4.78 is 7.23. The minimum atomic E-state index is -1.05. The van der Waals surface area contributed by atoms with Gasteiger partial charge in [0, 0.05) is 6.07 Å². The average Bonchev–Trinajstić information content (AvgIpc) is 3.21. The van der Waals surface area contributed by atoms with E-state index in [-0.39, 0.29) is 24.6 Å². The van der Waals surface area contributed by atoms with Crippen LogP contribution in [0.15, 0.2) is 60.7 Å². The lowest BCUT2D eigenvalue weighted by Gasteiger charge is -2.25. The van der Waals surface area contributed by atoms with Crippen LogP contribution in [-0.4, -0.2) is 44.6 Å². The quantitative estimate of drug-likeness (QED) is 0.417. The number of carboxylic acid groups (broad SMARTS) is 1. The first-order valence-corrected chi connectivity index (χ1v) is 11.2. The van der Waals surface area contributed by atoms with Crippen LogP contribution >= 0.6 is 11.6 Å². The van der Waals surface area contributed by atoms with Gasteiger partial charge in [-0.2, -0.15) is 9.78 Å². The maximum atomic E-state index is 13.1. The molecule has 3 rings (SSSR count). The van der Waals surface area contributed by atoms with E-state index >= 15 is 0 Å². The number of rotatable bonds is 9. The third kappa shape index (κ3) is 6.36. The zero-order chi connectivity index (χ0) is 24.9. The molecule has 0 saturated heterocycles. The van der Waals surface area contributed by atoms with Crippen LogP contribution in [-0.2, 0) is 4.79 Å². The minimum Gasteiger partial charge on any atom is -0.481 e. The van der Waals surface area contributed by atoms with E-state index in [1.54, 1.807) is 48.5 Å². The van der Waals surface area contributed by atoms with E-state index in [1.807, 2.05) is 26.8 Å². The van der Waals surface area contributed by atoms with Crippen LogP contribution in [0.1, 0.15) is 49.3 Å². The highest BCUT2D eigenvalue weighted by Crippen LogP contribution is 2.27. The van der Waals surface area contributed by atoms with E-state index in [0.29, 0.717) is 16.3 Å². The van der Waals surface area contributed by atoms with Gasteiger partial charge < -0.3 is 20.3 Å². The highest BCUT2D eigenvalue weighted by Gasteiger charge is 2.26. The lowest BCUT2D eigenvalue weighted by atomic mass is 9.90. The van der Waals surface area contributed by atoms with Crippen molar-refractivity contribution in [3.8, 4) is 11.6 Å². The number of aliphatic hydroxyl groups is 1. The van der Waals surface area contributed by atoms with Crippen LogP contribution in [0.25, 0.3) is 5.69 Å². The predicted molar refractivity (Wildman–Crippen MR) is 128 cm³/mol. The van der Waals surface area contributed by atoms with Crippen LogP contribution < -0.4 is 10.1 Å². The number of carboxylic acids is 1. The molecule has 0 aliphatic carbocycles. The third-order valence-electron chi connectivity index (χ3n) is 5.26. The lowest BCUT2D eigenvalue weighted by molar-refractivity contribution is -0.137. The van der Waals surface area contributed by atoms with E-state index in [0.717, 1.165) is 0 Å². The van der Waals surface area contributed by atoms with Gasteiger partial charge in [-0.3, -0.25) is 9.59 Å². The summed E-state index contributed by atoms with van der Waals surface area (Å²) in [5, 5.41) is 27.2. The summed E-state index contributed by atoms with van der Waals surface area (Å²) in [5.74, 6) is -1.39. The molecule has 1 aromatic heterocycles. The van der Waals surface area contributed by atoms with Crippen molar-refractivity contribution in [1.82, 2.24) is 15.1 Å². The lowest BCUT2D eigenvalue weighted by Crippen LogP contribution is -2.32. The standard InChI is InChI=1S/C25H28ClN3O5/c1-25(2,3)21(30)15-34-22-13-19(28-29(22)20-12-8-7-11-17(20)26)24(33)27-18(14-23(31)32)16-9-5-4-6-10-16/h4-13,18,21,30H,14-15H2,1-3H3,(H,27,33)(H,31,32)/t18-,21+/m0/s1. The van der Waals surface area contributed by atoms with Crippen molar-refractivity contribution in [2.45, 2.75) is 39.3 Å². The van der Waals surface area contributed by atoms with Crippen molar-refractivity contribution in [3.63, 3.8) is 0 Å². The van der Waals surface area contributed by atoms with Gasteiger partial charge in [0.15, 0.2) is 5.69 Å². The average molecular weight is 486 g/mol. The van der Waals surface area contributed by atoms with Gasteiger partial charge in [-0.1, -0.05) is 74.8 Å². The number of carbonyl (C=O) groups excluding carboxylic acids is 1. The fraction of sp³-hybridized carbons (Fsp3) is 0.320. The van der Waals surface area contributed by atoms with Crippen molar-refractivity contribution in [3.05, 3.63) is 76.9 Å². The van der Waals surface area contributed by atoms with E-state index < -0.39 is 29.4 Å². The van der Waals surface area contributed by atoms with Crippen LogP contribution in [0, 0.1) is 5.41 Å². The zero-order valence-corrected chi connectivity index (χ0v) is 20.0. The molecule has 0 saturated carbocycles. The maximum Gasteiger partial charge on any atom is 0.305 e. The number of aromatic nitrogens is 2. The highest BCUT2D eigenvalue weighted by molar-refractivity contribution is 6.32. The monoisotopic (exact) mass is 485 g/mol. The topological polar surface area (TPSA) is 114 Å². The Labute approximate surface area is 203 Å². The maximum absolute atomic E-state index is 13.1. The molecule has 2 aromatic carbocycles. The molecule has 3 aromatic rings. The summed E-state index contributed by atoms with van der Waals surface area (Å²) in [7, 11) is 0. The number of hydrogen-bond acceptors (Lipinski definition) is 5. The number of aliphatic hydroxyl groups excluding tert-OH is 1. The molecule has 0 unspecified atom stereocenters. The van der Waals surface area contributed by atoms with Crippen molar-refractivity contribution < 1.29 is 24.5 Å². The second-order valence-electron chi connectivity index (χ2n) is 8.96. The van der Waals surface area contributed by atoms with Crippen LogP contribution in [0.2, 0.25) is 5.02 Å². The molecule has 2 atom stereocenters. The number of amides is 1. The number of ether oxygens (including phenoxy) is 1. The Bertz CT molecular complexity index is 1140. The van der Waals surface area contributed by atoms with E-state index in [4.69, 9.17) is 16.3 Å². The van der Waals surface area contributed by atoms with Gasteiger partial charge in [0.25, 0.3) is 5.91 Å². The van der Waals surface area contributed by atoms with Crippen molar-refractivity contribution >= 4 is 23.5 Å². The van der Waals surface area contributed by atoms with E-state index in [2.05, 4.69) is 10.4 Å². The van der Waals surface area contributed by atoms with Crippen LogP contribution in [0.4, 0.5) is 0 Å². The van der Waals surface area contributed by atoms with E-state index in [1.165, 1.54) is 10.7 Å². The molecule has 8 nitrogen and oxygen atoms in total. The molecule has 0 aliphatic rings. The normalized spacial score (nSPS) is 13.2. The molecular formula is C25H28ClN3O5. The number of halogens is 1. The molecule has 1 amide bonds. The summed E-state index contributed by atoms with van der Waals surface area (Å²) in [6.07, 6.45) is -1.06. The second kappa shape index (κ2) is 10.7. The van der Waals surface area contributed by atoms with Gasteiger partial charge in [0.1, 0.15) is 6.61 Å². The van der Waals surface area contributed by atoms with Crippen LogP contribution in [0.3, 0.4) is 0 Å². The van der Waals surface area contributed by atoms with Gasteiger partial charge in [0.05, 0.1) is 29.3 Å². The minimum absolute atomic E-state index is 0.0199. The summed E-state index contributed by atoms with van der Waals surface area (Å²) in [4.78, 5) is 24.5. The molecule has 34 heavy (non-hydrogen) atoms. The van der Waals surface area contributed by atoms with Crippen molar-refractivity contribution in [2.24, 2.45) is 5.41 Å². The summed E-state index contributed by atoms with van der Waals surface area (Å²) >= 11 is 6.34. The second-order valence-corrected chi connectivity index (χ2v) is 9.37. The predicted octanol–water partition coefficient (Wildman–Crippen LogP) is 4.26. The first kappa shape index (κ1) is 25.3. The molecular weight excluding hydrogens is 458 g/mol. The molecule has 3 N–H and O–H groups in total. The van der Waals surface area contributed by atoms with Gasteiger partial charge in [-0.05, 0) is 23.1 Å². The van der Waals surface area contributed by atoms with Crippen LogP contribution in [0.5, 0.6) is 5.88 Å². The molecule has 1 heterocycles. The molecule has 9 heteroatoms. The van der Waals surface area contributed by atoms with Gasteiger partial charge in [-0.15, -0.1) is 0 Å². The number of benzene rings is 2.